The molecule has 0 aromatic heterocycles. The predicted octanol–water partition coefficient (Wildman–Crippen LogP) is 6.25. The Morgan fingerprint density at radius 2 is 1.79 bits per heavy atom. The van der Waals surface area contributed by atoms with Crippen LogP contribution in [-0.4, -0.2) is 22.0 Å². The van der Waals surface area contributed by atoms with Crippen LogP contribution >= 0.6 is 23.4 Å². The highest BCUT2D eigenvalue weighted by Crippen LogP contribution is 2.30. The molecular weight excluding hydrogens is 474 g/mol. The summed E-state index contributed by atoms with van der Waals surface area (Å²) < 4.78 is 0. The average Bonchev–Trinajstić information content (AvgIpc) is 2.80. The maximum absolute atomic E-state index is 12.9. The van der Waals surface area contributed by atoms with E-state index in [1.54, 1.807) is 31.2 Å². The molecule has 9 heteroatoms. The van der Waals surface area contributed by atoms with Crippen LogP contribution in [0.25, 0.3) is 0 Å². The number of nitro groups is 1. The first-order valence-corrected chi connectivity index (χ1v) is 11.9. The van der Waals surface area contributed by atoms with E-state index in [0.29, 0.717) is 22.8 Å². The molecule has 0 radical (unpaired) electrons. The van der Waals surface area contributed by atoms with E-state index in [0.717, 1.165) is 16.0 Å². The number of carbonyl (C=O) groups is 2. The molecule has 34 heavy (non-hydrogen) atoms. The van der Waals surface area contributed by atoms with E-state index in [9.17, 15) is 19.7 Å². The quantitative estimate of drug-likeness (QED) is 0.207. The lowest BCUT2D eigenvalue weighted by Gasteiger charge is -2.16. The normalized spacial score (nSPS) is 11.5. The number of carbonyl (C=O) groups excluding carboxylic acids is 2. The van der Waals surface area contributed by atoms with Crippen LogP contribution in [0, 0.1) is 17.0 Å². The highest BCUT2D eigenvalue weighted by molar-refractivity contribution is 8.00. The summed E-state index contributed by atoms with van der Waals surface area (Å²) in [5, 5.41) is 16.9. The number of hydrogen-bond donors (Lipinski definition) is 2. The molecule has 3 rings (SSSR count). The van der Waals surface area contributed by atoms with Crippen molar-refractivity contribution in [1.82, 2.24) is 0 Å². The smallest absolute Gasteiger partial charge is 0.271 e. The highest BCUT2D eigenvalue weighted by Gasteiger charge is 2.20. The Kier molecular flexibility index (Phi) is 8.67. The fourth-order valence-electron chi connectivity index (χ4n) is 3.20. The van der Waals surface area contributed by atoms with Crippen LogP contribution in [0.2, 0.25) is 5.02 Å². The number of aryl methyl sites for hydroxylation is 1. The van der Waals surface area contributed by atoms with Crippen molar-refractivity contribution in [2.24, 2.45) is 0 Å². The van der Waals surface area contributed by atoms with Gasteiger partial charge in [0.1, 0.15) is 0 Å². The summed E-state index contributed by atoms with van der Waals surface area (Å²) in [6, 6.07) is 18.8. The van der Waals surface area contributed by atoms with Gasteiger partial charge >= 0.3 is 0 Å². The molecule has 3 aromatic rings. The number of nitrogens with zero attached hydrogens (tertiary/aromatic N) is 1. The van der Waals surface area contributed by atoms with Crippen molar-refractivity contribution < 1.29 is 14.5 Å². The van der Waals surface area contributed by atoms with Gasteiger partial charge in [-0.1, -0.05) is 42.8 Å². The van der Waals surface area contributed by atoms with E-state index in [-0.39, 0.29) is 23.9 Å². The summed E-state index contributed by atoms with van der Waals surface area (Å²) in [5.74, 6) is -0.399. The van der Waals surface area contributed by atoms with Gasteiger partial charge in [0.2, 0.25) is 11.8 Å². The second-order valence-electron chi connectivity index (χ2n) is 7.64. The lowest BCUT2D eigenvalue weighted by molar-refractivity contribution is -0.384. The number of nitrogens with one attached hydrogen (secondary N) is 2. The summed E-state index contributed by atoms with van der Waals surface area (Å²) in [4.78, 5) is 36.7. The second-order valence-corrected chi connectivity index (χ2v) is 9.35. The number of rotatable bonds is 9. The summed E-state index contributed by atoms with van der Waals surface area (Å²) in [6.07, 6.45) is 0.773. The lowest BCUT2D eigenvalue weighted by atomic mass is 10.1. The van der Waals surface area contributed by atoms with Gasteiger partial charge in [-0.2, -0.15) is 0 Å². The van der Waals surface area contributed by atoms with Gasteiger partial charge in [-0.25, -0.2) is 0 Å². The Balaban J connectivity index is 1.64. The van der Waals surface area contributed by atoms with Gasteiger partial charge in [-0.3, -0.25) is 19.7 Å². The van der Waals surface area contributed by atoms with Crippen LogP contribution < -0.4 is 10.6 Å². The second kappa shape index (κ2) is 11.7. The molecule has 2 amide bonds. The van der Waals surface area contributed by atoms with Gasteiger partial charge in [0, 0.05) is 27.7 Å². The van der Waals surface area contributed by atoms with Crippen molar-refractivity contribution in [2.75, 3.05) is 10.6 Å². The largest absolute Gasteiger partial charge is 0.326 e. The summed E-state index contributed by atoms with van der Waals surface area (Å²) in [7, 11) is 0. The molecule has 0 bridgehead atoms. The van der Waals surface area contributed by atoms with Crippen molar-refractivity contribution in [3.05, 3.63) is 93.0 Å². The Morgan fingerprint density at radius 3 is 2.47 bits per heavy atom. The molecule has 1 atom stereocenters. The first kappa shape index (κ1) is 25.3. The molecule has 0 spiro atoms. The van der Waals surface area contributed by atoms with Gasteiger partial charge in [0.05, 0.1) is 22.3 Å². The first-order valence-electron chi connectivity index (χ1n) is 10.6. The van der Waals surface area contributed by atoms with E-state index in [1.165, 1.54) is 23.9 Å². The van der Waals surface area contributed by atoms with Gasteiger partial charge in [0.25, 0.3) is 5.69 Å². The Bertz CT molecular complexity index is 1200. The monoisotopic (exact) mass is 497 g/mol. The number of amides is 2. The Labute approximate surface area is 207 Å². The standard InChI is InChI=1S/C25H24ClN3O4S/c1-3-23(25(31)28-22-15-20(29(32)33)12-7-16(22)2)34-21-6-4-5-19(14-21)27-24(30)13-17-8-10-18(26)11-9-17/h4-12,14-15,23H,3,13H2,1-2H3,(H,27,30)(H,28,31). The van der Waals surface area contributed by atoms with Crippen LogP contribution in [0.3, 0.4) is 0 Å². The first-order chi connectivity index (χ1) is 16.2. The molecule has 0 aliphatic rings. The van der Waals surface area contributed by atoms with E-state index in [4.69, 9.17) is 11.6 Å². The molecule has 1 unspecified atom stereocenters. The van der Waals surface area contributed by atoms with Crippen molar-refractivity contribution in [3.63, 3.8) is 0 Å². The highest BCUT2D eigenvalue weighted by atomic mass is 35.5. The van der Waals surface area contributed by atoms with Crippen LogP contribution in [0.5, 0.6) is 0 Å². The molecule has 7 nitrogen and oxygen atoms in total. The zero-order valence-electron chi connectivity index (χ0n) is 18.7. The SMILES string of the molecule is CCC(Sc1cccc(NC(=O)Cc2ccc(Cl)cc2)c1)C(=O)Nc1cc([N+](=O)[O-])ccc1C. The van der Waals surface area contributed by atoms with Gasteiger partial charge in [-0.05, 0) is 54.8 Å². The van der Waals surface area contributed by atoms with Crippen molar-refractivity contribution in [1.29, 1.82) is 0 Å². The van der Waals surface area contributed by atoms with Crippen LogP contribution in [0.1, 0.15) is 24.5 Å². The number of nitro benzene ring substituents is 1. The fourth-order valence-corrected chi connectivity index (χ4v) is 4.34. The topological polar surface area (TPSA) is 101 Å². The van der Waals surface area contributed by atoms with Gasteiger partial charge in [-0.15, -0.1) is 11.8 Å². The van der Waals surface area contributed by atoms with Crippen molar-refractivity contribution in [2.45, 2.75) is 36.8 Å². The third kappa shape index (κ3) is 7.07. The van der Waals surface area contributed by atoms with E-state index >= 15 is 0 Å². The molecule has 176 valence electrons. The molecule has 2 N–H and O–H groups in total. The van der Waals surface area contributed by atoms with Crippen molar-refractivity contribution in [3.8, 4) is 0 Å². The van der Waals surface area contributed by atoms with Gasteiger partial charge in [0.15, 0.2) is 0 Å². The number of halogens is 1. The number of non-ortho nitro benzene ring substituents is 1. The van der Waals surface area contributed by atoms with E-state index < -0.39 is 10.2 Å². The number of anilines is 2. The predicted molar refractivity (Wildman–Crippen MR) is 137 cm³/mol. The minimum atomic E-state index is -0.492. The van der Waals surface area contributed by atoms with Crippen molar-refractivity contribution >= 4 is 52.2 Å². The fraction of sp³-hybridized carbons (Fsp3) is 0.200. The molecule has 0 aliphatic heterocycles. The summed E-state index contributed by atoms with van der Waals surface area (Å²) in [5.41, 5.74) is 2.56. The number of thioether (sulfide) groups is 1. The maximum Gasteiger partial charge on any atom is 0.271 e. The Hall–Kier alpha value is -3.36. The molecular formula is C25H24ClN3O4S. The molecule has 0 saturated carbocycles. The molecule has 0 fully saturated rings. The number of hydrogen-bond acceptors (Lipinski definition) is 5. The zero-order chi connectivity index (χ0) is 24.7. The summed E-state index contributed by atoms with van der Waals surface area (Å²) >= 11 is 7.25. The molecule has 3 aromatic carbocycles. The lowest BCUT2D eigenvalue weighted by Crippen LogP contribution is -2.25. The van der Waals surface area contributed by atoms with Crippen LogP contribution in [-0.2, 0) is 16.0 Å². The van der Waals surface area contributed by atoms with Crippen LogP contribution in [0.15, 0.2) is 71.6 Å². The number of benzene rings is 3. The molecule has 0 aliphatic carbocycles. The van der Waals surface area contributed by atoms with E-state index in [1.807, 2.05) is 37.3 Å². The summed E-state index contributed by atoms with van der Waals surface area (Å²) in [6.45, 7) is 3.68. The zero-order valence-corrected chi connectivity index (χ0v) is 20.3. The third-order valence-corrected chi connectivity index (χ3v) is 6.64. The minimum absolute atomic E-state index is 0.0800. The average molecular weight is 498 g/mol. The minimum Gasteiger partial charge on any atom is -0.326 e. The maximum atomic E-state index is 12.9. The van der Waals surface area contributed by atoms with Crippen LogP contribution in [0.4, 0.5) is 17.1 Å². The third-order valence-electron chi connectivity index (χ3n) is 5.03. The molecule has 0 saturated heterocycles. The molecule has 0 heterocycles. The Morgan fingerprint density at radius 1 is 1.06 bits per heavy atom. The van der Waals surface area contributed by atoms with E-state index in [2.05, 4.69) is 10.6 Å². The van der Waals surface area contributed by atoms with Gasteiger partial charge < -0.3 is 10.6 Å².